The highest BCUT2D eigenvalue weighted by molar-refractivity contribution is 6.01. The number of carbonyl (C=O) groups is 2. The SMILES string of the molecule is C[C@H](OC(=O)c1ccc([N+](=O)[O-])cc1)C(=O)c1ccc2c(c1)CCC2. The van der Waals surface area contributed by atoms with E-state index >= 15 is 0 Å². The Morgan fingerprint density at radius 1 is 1.04 bits per heavy atom. The number of nitro benzene ring substituents is 1. The van der Waals surface area contributed by atoms with Gasteiger partial charge in [-0.05, 0) is 55.5 Å². The van der Waals surface area contributed by atoms with E-state index in [0.717, 1.165) is 19.3 Å². The lowest BCUT2D eigenvalue weighted by Gasteiger charge is -2.13. The molecule has 1 aliphatic carbocycles. The van der Waals surface area contributed by atoms with Crippen molar-refractivity contribution in [2.45, 2.75) is 32.3 Å². The van der Waals surface area contributed by atoms with Crippen LogP contribution in [0.2, 0.25) is 0 Å². The van der Waals surface area contributed by atoms with E-state index in [2.05, 4.69) is 0 Å². The maximum absolute atomic E-state index is 12.5. The number of ether oxygens (including phenoxy) is 1. The number of benzene rings is 2. The summed E-state index contributed by atoms with van der Waals surface area (Å²) in [4.78, 5) is 34.7. The number of Topliss-reactive ketones (excluding diaryl/α,β-unsaturated/α-hetero) is 1. The van der Waals surface area contributed by atoms with E-state index in [0.29, 0.717) is 5.56 Å². The summed E-state index contributed by atoms with van der Waals surface area (Å²) in [6, 6.07) is 10.7. The number of rotatable bonds is 5. The number of hydrogen-bond acceptors (Lipinski definition) is 5. The second-order valence-electron chi connectivity index (χ2n) is 6.05. The minimum Gasteiger partial charge on any atom is -0.451 e. The maximum atomic E-state index is 12.5. The third kappa shape index (κ3) is 3.57. The number of fused-ring (bicyclic) bond motifs is 1. The quantitative estimate of drug-likeness (QED) is 0.360. The molecule has 0 radical (unpaired) electrons. The van der Waals surface area contributed by atoms with Gasteiger partial charge in [0.15, 0.2) is 6.10 Å². The number of aryl methyl sites for hydroxylation is 2. The highest BCUT2D eigenvalue weighted by Gasteiger charge is 2.22. The molecule has 6 nitrogen and oxygen atoms in total. The summed E-state index contributed by atoms with van der Waals surface area (Å²) in [5.41, 5.74) is 3.04. The Hall–Kier alpha value is -3.02. The number of nitrogens with zero attached hydrogens (tertiary/aromatic N) is 1. The smallest absolute Gasteiger partial charge is 0.338 e. The first kappa shape index (κ1) is 16.8. The van der Waals surface area contributed by atoms with Crippen LogP contribution in [0.3, 0.4) is 0 Å². The molecular formula is C19H17NO5. The summed E-state index contributed by atoms with van der Waals surface area (Å²) in [6.07, 6.45) is 2.17. The van der Waals surface area contributed by atoms with Crippen LogP contribution >= 0.6 is 0 Å². The molecule has 2 aromatic carbocycles. The van der Waals surface area contributed by atoms with Crippen molar-refractivity contribution in [2.24, 2.45) is 0 Å². The highest BCUT2D eigenvalue weighted by atomic mass is 16.6. The van der Waals surface area contributed by atoms with Crippen LogP contribution in [0.5, 0.6) is 0 Å². The molecule has 0 saturated heterocycles. The topological polar surface area (TPSA) is 86.5 Å². The fourth-order valence-corrected chi connectivity index (χ4v) is 2.96. The second-order valence-corrected chi connectivity index (χ2v) is 6.05. The van der Waals surface area contributed by atoms with Crippen molar-refractivity contribution < 1.29 is 19.2 Å². The van der Waals surface area contributed by atoms with Crippen LogP contribution in [0.25, 0.3) is 0 Å². The first-order chi connectivity index (χ1) is 12.0. The van der Waals surface area contributed by atoms with Gasteiger partial charge in [-0.3, -0.25) is 14.9 Å². The lowest BCUT2D eigenvalue weighted by atomic mass is 10.0. The van der Waals surface area contributed by atoms with Crippen molar-refractivity contribution in [1.82, 2.24) is 0 Å². The Morgan fingerprint density at radius 3 is 2.36 bits per heavy atom. The summed E-state index contributed by atoms with van der Waals surface area (Å²) < 4.78 is 5.21. The lowest BCUT2D eigenvalue weighted by Crippen LogP contribution is -2.24. The van der Waals surface area contributed by atoms with E-state index < -0.39 is 17.0 Å². The summed E-state index contributed by atoms with van der Waals surface area (Å²) in [7, 11) is 0. The third-order valence-corrected chi connectivity index (χ3v) is 4.35. The average molecular weight is 339 g/mol. The molecule has 1 atom stereocenters. The normalized spacial score (nSPS) is 13.8. The number of ketones is 1. The Morgan fingerprint density at radius 2 is 1.68 bits per heavy atom. The summed E-state index contributed by atoms with van der Waals surface area (Å²) in [6.45, 7) is 1.53. The van der Waals surface area contributed by atoms with Crippen LogP contribution in [0.1, 0.15) is 45.2 Å². The van der Waals surface area contributed by atoms with Crippen LogP contribution in [0.4, 0.5) is 5.69 Å². The summed E-state index contributed by atoms with van der Waals surface area (Å²) in [5, 5.41) is 10.6. The van der Waals surface area contributed by atoms with E-state index in [9.17, 15) is 19.7 Å². The number of carbonyl (C=O) groups excluding carboxylic acids is 2. The molecule has 0 bridgehead atoms. The van der Waals surface area contributed by atoms with Crippen LogP contribution in [-0.4, -0.2) is 22.8 Å². The number of non-ortho nitro benzene ring substituents is 1. The average Bonchev–Trinajstić information content (AvgIpc) is 3.08. The molecule has 0 saturated carbocycles. The van der Waals surface area contributed by atoms with E-state index in [4.69, 9.17) is 4.74 Å². The Balaban J connectivity index is 1.68. The van der Waals surface area contributed by atoms with Gasteiger partial charge in [0, 0.05) is 17.7 Å². The van der Waals surface area contributed by atoms with Crippen LogP contribution in [-0.2, 0) is 17.6 Å². The minimum atomic E-state index is -0.929. The molecule has 1 aliphatic rings. The Labute approximate surface area is 144 Å². The Bertz CT molecular complexity index is 841. The molecule has 0 amide bonds. The molecule has 2 aromatic rings. The third-order valence-electron chi connectivity index (χ3n) is 4.35. The number of hydrogen-bond donors (Lipinski definition) is 0. The van der Waals surface area contributed by atoms with E-state index in [1.807, 2.05) is 12.1 Å². The molecule has 3 rings (SSSR count). The summed E-state index contributed by atoms with van der Waals surface area (Å²) in [5.74, 6) is -0.943. The van der Waals surface area contributed by atoms with Crippen LogP contribution in [0.15, 0.2) is 42.5 Å². The molecule has 0 heterocycles. The maximum Gasteiger partial charge on any atom is 0.338 e. The molecule has 0 spiro atoms. The van der Waals surface area contributed by atoms with Crippen molar-refractivity contribution in [2.75, 3.05) is 0 Å². The first-order valence-corrected chi connectivity index (χ1v) is 8.07. The number of nitro groups is 1. The monoisotopic (exact) mass is 339 g/mol. The van der Waals surface area contributed by atoms with Crippen LogP contribution < -0.4 is 0 Å². The van der Waals surface area contributed by atoms with Gasteiger partial charge in [0.05, 0.1) is 10.5 Å². The van der Waals surface area contributed by atoms with Gasteiger partial charge >= 0.3 is 5.97 Å². The highest BCUT2D eigenvalue weighted by Crippen LogP contribution is 2.24. The molecule has 128 valence electrons. The minimum absolute atomic E-state index is 0.112. The van der Waals surface area contributed by atoms with E-state index in [-0.39, 0.29) is 17.0 Å². The molecule has 0 aliphatic heterocycles. The predicted molar refractivity (Wildman–Crippen MR) is 90.8 cm³/mol. The van der Waals surface area contributed by atoms with Crippen LogP contribution in [0, 0.1) is 10.1 Å². The van der Waals surface area contributed by atoms with Gasteiger partial charge < -0.3 is 4.74 Å². The largest absolute Gasteiger partial charge is 0.451 e. The molecule has 6 heteroatoms. The fraction of sp³-hybridized carbons (Fsp3) is 0.263. The van der Waals surface area contributed by atoms with Gasteiger partial charge in [-0.15, -0.1) is 0 Å². The molecule has 0 fully saturated rings. The molecule has 0 unspecified atom stereocenters. The molecular weight excluding hydrogens is 322 g/mol. The van der Waals surface area contributed by atoms with Gasteiger partial charge in [0.1, 0.15) is 0 Å². The molecule has 0 N–H and O–H groups in total. The van der Waals surface area contributed by atoms with Gasteiger partial charge in [-0.2, -0.15) is 0 Å². The molecule has 25 heavy (non-hydrogen) atoms. The molecule has 0 aromatic heterocycles. The first-order valence-electron chi connectivity index (χ1n) is 8.07. The Kier molecular flexibility index (Phi) is 4.61. The van der Waals surface area contributed by atoms with Crippen molar-refractivity contribution in [3.05, 3.63) is 74.8 Å². The standard InChI is InChI=1S/C19H17NO5/c1-12(18(21)16-6-5-13-3-2-4-15(13)11-16)25-19(22)14-7-9-17(10-8-14)20(23)24/h5-12H,2-4H2,1H3/t12-/m0/s1. The zero-order chi connectivity index (χ0) is 18.0. The van der Waals surface area contributed by atoms with Gasteiger partial charge in [0.25, 0.3) is 5.69 Å². The predicted octanol–water partition coefficient (Wildman–Crippen LogP) is 3.51. The van der Waals surface area contributed by atoms with Crippen molar-refractivity contribution in [3.8, 4) is 0 Å². The van der Waals surface area contributed by atoms with Crippen molar-refractivity contribution in [3.63, 3.8) is 0 Å². The fourth-order valence-electron chi connectivity index (χ4n) is 2.96. The van der Waals surface area contributed by atoms with Crippen molar-refractivity contribution >= 4 is 17.4 Å². The van der Waals surface area contributed by atoms with Gasteiger partial charge in [-0.1, -0.05) is 12.1 Å². The van der Waals surface area contributed by atoms with Crippen molar-refractivity contribution in [1.29, 1.82) is 0 Å². The van der Waals surface area contributed by atoms with Gasteiger partial charge in [0.2, 0.25) is 5.78 Å². The van der Waals surface area contributed by atoms with E-state index in [1.165, 1.54) is 42.3 Å². The zero-order valence-corrected chi connectivity index (χ0v) is 13.7. The van der Waals surface area contributed by atoms with Gasteiger partial charge in [-0.25, -0.2) is 4.79 Å². The lowest BCUT2D eigenvalue weighted by molar-refractivity contribution is -0.384. The zero-order valence-electron chi connectivity index (χ0n) is 13.7. The second kappa shape index (κ2) is 6.84. The van der Waals surface area contributed by atoms with E-state index in [1.54, 1.807) is 6.07 Å². The number of esters is 1. The summed E-state index contributed by atoms with van der Waals surface area (Å²) >= 11 is 0.